The molecular weight excluding hydrogens is 408 g/mol. The summed E-state index contributed by atoms with van der Waals surface area (Å²) in [5.41, 5.74) is 3.48. The molecule has 2 aromatic rings. The van der Waals surface area contributed by atoms with Crippen molar-refractivity contribution in [1.82, 2.24) is 20.4 Å². The van der Waals surface area contributed by atoms with Gasteiger partial charge in [-0.05, 0) is 42.6 Å². The number of urea groups is 1. The molecule has 0 fully saturated rings. The minimum atomic E-state index is -3.90. The zero-order valence-corrected chi connectivity index (χ0v) is 15.8. The Morgan fingerprint density at radius 3 is 2.59 bits per heavy atom. The van der Waals surface area contributed by atoms with Crippen LogP contribution < -0.4 is 15.5 Å². The van der Waals surface area contributed by atoms with Crippen LogP contribution in [-0.4, -0.2) is 32.3 Å². The van der Waals surface area contributed by atoms with Crippen molar-refractivity contribution in [3.05, 3.63) is 35.2 Å². The molecule has 1 aromatic carbocycles. The van der Waals surface area contributed by atoms with Gasteiger partial charge >= 0.3 is 17.4 Å². The van der Waals surface area contributed by atoms with Gasteiger partial charge in [-0.2, -0.15) is 28.0 Å². The van der Waals surface area contributed by atoms with E-state index in [9.17, 15) is 17.8 Å². The van der Waals surface area contributed by atoms with Crippen molar-refractivity contribution in [2.45, 2.75) is 24.1 Å². The van der Waals surface area contributed by atoms with E-state index < -0.39 is 40.3 Å². The number of rotatable bonds is 6. The number of ether oxygens (including phenoxy) is 1. The highest BCUT2D eigenvalue weighted by atomic mass is 35.5. The quantitative estimate of drug-likeness (QED) is 0.544. The van der Waals surface area contributed by atoms with Crippen LogP contribution in [0, 0.1) is 13.8 Å². The predicted molar refractivity (Wildman–Crippen MR) is 91.7 cm³/mol. The van der Waals surface area contributed by atoms with Gasteiger partial charge in [0, 0.05) is 0 Å². The van der Waals surface area contributed by atoms with E-state index in [1.165, 1.54) is 0 Å². The van der Waals surface area contributed by atoms with Crippen LogP contribution in [0.5, 0.6) is 6.01 Å². The summed E-state index contributed by atoms with van der Waals surface area (Å²) in [6, 6.07) is 3.53. The first-order valence-corrected chi connectivity index (χ1v) is 8.66. The second kappa shape index (κ2) is 8.50. The van der Waals surface area contributed by atoms with Crippen LogP contribution in [0.25, 0.3) is 0 Å². The molecular formula is C14H14ClF2N5O4S. The van der Waals surface area contributed by atoms with Crippen molar-refractivity contribution >= 4 is 34.7 Å². The number of hydroxylamine groups is 1. The topological polar surface area (TPSA) is 115 Å². The Morgan fingerprint density at radius 2 is 1.96 bits per heavy atom. The molecule has 0 aliphatic rings. The average Bonchev–Trinajstić information content (AvgIpc) is 2.61. The van der Waals surface area contributed by atoms with E-state index in [-0.39, 0.29) is 0 Å². The molecule has 0 saturated carbocycles. The summed E-state index contributed by atoms with van der Waals surface area (Å²) in [6.07, 6.45) is 0. The fraction of sp³-hybridized carbons (Fsp3) is 0.286. The van der Waals surface area contributed by atoms with Crippen LogP contribution in [0.2, 0.25) is 0 Å². The molecule has 0 aliphatic heterocycles. The zero-order valence-electron chi connectivity index (χ0n) is 14.2. The average molecular weight is 422 g/mol. The second-order valence-corrected chi connectivity index (χ2v) is 6.59. The van der Waals surface area contributed by atoms with E-state index in [1.54, 1.807) is 19.1 Å². The smallest absolute Gasteiger partial charge is 0.382 e. The summed E-state index contributed by atoms with van der Waals surface area (Å²) in [6.45, 7) is 3.57. The van der Waals surface area contributed by atoms with Gasteiger partial charge in [-0.1, -0.05) is 12.1 Å². The van der Waals surface area contributed by atoms with E-state index in [2.05, 4.69) is 19.7 Å². The van der Waals surface area contributed by atoms with Crippen molar-refractivity contribution < 1.29 is 26.8 Å². The number of amides is 2. The number of hydrogen-bond acceptors (Lipinski definition) is 7. The summed E-state index contributed by atoms with van der Waals surface area (Å²) in [7, 11) is 1.13. The molecule has 0 spiro atoms. The highest BCUT2D eigenvalue weighted by Gasteiger charge is 2.33. The predicted octanol–water partition coefficient (Wildman–Crippen LogP) is 2.56. The number of hydrogen-bond donors (Lipinski definition) is 2. The van der Waals surface area contributed by atoms with Crippen molar-refractivity contribution in [2.24, 2.45) is 0 Å². The van der Waals surface area contributed by atoms with E-state index in [0.717, 1.165) is 18.2 Å². The minimum absolute atomic E-state index is 0.362. The molecule has 146 valence electrons. The van der Waals surface area contributed by atoms with Crippen molar-refractivity contribution in [3.63, 3.8) is 0 Å². The number of anilines is 1. The summed E-state index contributed by atoms with van der Waals surface area (Å²) in [5.74, 6) is -1.69. The molecule has 0 radical (unpaired) electrons. The fourth-order valence-corrected chi connectivity index (χ4v) is 2.71. The SMILES string of the molecule is COc1nc(NC(=O)NOS(=O)c2cccc(C)c2C)nc(C(F)(F)Cl)n1. The molecule has 1 atom stereocenters. The van der Waals surface area contributed by atoms with Gasteiger partial charge in [-0.15, -0.1) is 0 Å². The molecule has 2 amide bonds. The van der Waals surface area contributed by atoms with Crippen molar-refractivity contribution in [3.8, 4) is 6.01 Å². The van der Waals surface area contributed by atoms with Gasteiger partial charge in [0.2, 0.25) is 22.9 Å². The third kappa shape index (κ3) is 5.52. The number of nitrogens with zero attached hydrogens (tertiary/aromatic N) is 3. The zero-order chi connectivity index (χ0) is 20.2. The molecule has 27 heavy (non-hydrogen) atoms. The monoisotopic (exact) mass is 421 g/mol. The fourth-order valence-electron chi connectivity index (χ4n) is 1.78. The number of halogens is 3. The molecule has 2 rings (SSSR count). The molecule has 0 saturated heterocycles. The number of aromatic nitrogens is 3. The minimum Gasteiger partial charge on any atom is -0.467 e. The Morgan fingerprint density at radius 1 is 1.26 bits per heavy atom. The maximum atomic E-state index is 13.2. The van der Waals surface area contributed by atoms with Crippen LogP contribution in [0.4, 0.5) is 19.5 Å². The van der Waals surface area contributed by atoms with Gasteiger partial charge in [-0.25, -0.2) is 14.5 Å². The van der Waals surface area contributed by atoms with E-state index in [0.29, 0.717) is 4.90 Å². The van der Waals surface area contributed by atoms with Crippen LogP contribution in [-0.2, 0) is 20.7 Å². The molecule has 13 heteroatoms. The van der Waals surface area contributed by atoms with Crippen LogP contribution >= 0.6 is 11.6 Å². The summed E-state index contributed by atoms with van der Waals surface area (Å²) < 4.78 is 47.9. The Bertz CT molecular complexity index is 881. The lowest BCUT2D eigenvalue weighted by molar-refractivity contribution is 0.0832. The first kappa shape index (κ1) is 20.9. The Hall–Kier alpha value is -2.44. The second-order valence-electron chi connectivity index (χ2n) is 5.04. The number of carbonyl (C=O) groups excluding carboxylic acids is 1. The molecule has 2 N–H and O–H groups in total. The largest absolute Gasteiger partial charge is 0.467 e. The first-order chi connectivity index (χ1) is 12.6. The summed E-state index contributed by atoms with van der Waals surface area (Å²) in [4.78, 5) is 22.4. The third-order valence-corrected chi connectivity index (χ3v) is 4.43. The maximum absolute atomic E-state index is 13.2. The lowest BCUT2D eigenvalue weighted by atomic mass is 10.1. The van der Waals surface area contributed by atoms with E-state index >= 15 is 0 Å². The van der Waals surface area contributed by atoms with Crippen LogP contribution in [0.3, 0.4) is 0 Å². The highest BCUT2D eigenvalue weighted by Crippen LogP contribution is 2.30. The number of benzene rings is 1. The van der Waals surface area contributed by atoms with Gasteiger partial charge < -0.3 is 4.74 Å². The maximum Gasteiger partial charge on any atom is 0.382 e. The van der Waals surface area contributed by atoms with Gasteiger partial charge in [0.25, 0.3) is 0 Å². The lowest BCUT2D eigenvalue weighted by Gasteiger charge is -2.11. The summed E-state index contributed by atoms with van der Waals surface area (Å²) >= 11 is 2.86. The Balaban J connectivity index is 2.05. The first-order valence-electron chi connectivity index (χ1n) is 7.21. The molecule has 0 bridgehead atoms. The normalized spacial score (nSPS) is 12.4. The number of alkyl halides is 3. The summed E-state index contributed by atoms with van der Waals surface area (Å²) in [5, 5.41) is -1.88. The standard InChI is InChI=1S/C14H14ClF2N5O4S/c1-7-5-4-6-9(8(7)2)27(24)26-22-12(23)20-11-18-10(14(15,16)17)19-13(21-11)25-3/h4-6H,1-3H3,(H2,18,19,20,21,22,23). The highest BCUT2D eigenvalue weighted by molar-refractivity contribution is 7.80. The van der Waals surface area contributed by atoms with Gasteiger partial charge in [0.15, 0.2) is 0 Å². The van der Waals surface area contributed by atoms with Gasteiger partial charge in [0.05, 0.1) is 12.0 Å². The number of nitrogens with one attached hydrogen (secondary N) is 2. The van der Waals surface area contributed by atoms with Gasteiger partial charge in [0.1, 0.15) is 0 Å². The molecule has 1 unspecified atom stereocenters. The molecule has 1 aromatic heterocycles. The van der Waals surface area contributed by atoms with Crippen LogP contribution in [0.1, 0.15) is 17.0 Å². The van der Waals surface area contributed by atoms with E-state index in [4.69, 9.17) is 15.9 Å². The van der Waals surface area contributed by atoms with Crippen LogP contribution in [0.15, 0.2) is 23.1 Å². The molecule has 9 nitrogen and oxygen atoms in total. The molecule has 0 aliphatic carbocycles. The Kier molecular flexibility index (Phi) is 6.57. The number of aryl methyl sites for hydroxylation is 1. The number of carbonyl (C=O) groups is 1. The lowest BCUT2D eigenvalue weighted by Crippen LogP contribution is -2.31. The van der Waals surface area contributed by atoms with Gasteiger partial charge in [-0.3, -0.25) is 5.32 Å². The third-order valence-electron chi connectivity index (χ3n) is 3.22. The van der Waals surface area contributed by atoms with E-state index in [1.807, 2.05) is 23.8 Å². The van der Waals surface area contributed by atoms with Crippen molar-refractivity contribution in [2.75, 3.05) is 12.4 Å². The number of methoxy groups -OCH3 is 1. The van der Waals surface area contributed by atoms with Crippen molar-refractivity contribution in [1.29, 1.82) is 0 Å². The molecule has 1 heterocycles. The Labute approximate surface area is 160 Å².